The number of carbonyl (C=O) groups is 3. The Balaban J connectivity index is 1.29. The van der Waals surface area contributed by atoms with E-state index in [1.807, 2.05) is 24.3 Å². The van der Waals surface area contributed by atoms with Crippen LogP contribution in [-0.2, 0) is 50.7 Å². The molecule has 0 radical (unpaired) electrons. The fourth-order valence-corrected chi connectivity index (χ4v) is 10.1. The van der Waals surface area contributed by atoms with Crippen LogP contribution in [0.1, 0.15) is 104 Å². The van der Waals surface area contributed by atoms with Gasteiger partial charge in [-0.25, -0.2) is 28.6 Å². The summed E-state index contributed by atoms with van der Waals surface area (Å²) < 4.78 is 62.4. The number of ether oxygens (including phenoxy) is 1. The zero-order chi connectivity index (χ0) is 52.0. The highest BCUT2D eigenvalue weighted by Gasteiger charge is 2.50. The lowest BCUT2D eigenvalue weighted by Crippen LogP contribution is -2.46. The van der Waals surface area contributed by atoms with Crippen molar-refractivity contribution in [1.29, 1.82) is 0 Å². The van der Waals surface area contributed by atoms with Gasteiger partial charge in [-0.2, -0.15) is 4.31 Å². The van der Waals surface area contributed by atoms with Gasteiger partial charge in [0.05, 0.1) is 25.6 Å². The molecular formula is C41H68N7O18P3S. The molecule has 11 N–H and O–H groups in total. The smallest absolute Gasteiger partial charge is 0.389 e. The summed E-state index contributed by atoms with van der Waals surface area (Å²) in [5, 5.41) is 36.5. The standard InChI is InChI=1S/C41H68N7O18P3S/c1-4-5-15-18-29(49)19-16-13-11-9-7-6-8-10-12-14-17-20-32(51)70-24-23-43-31(50)21-22-44-39(54)36(53)41(2,3)26-63-69(60,61)66-68(58,59)62-25-30-35(65-67(55,56)57)34(52)40(64-30)48-28-47-33-37(42)45-27-46-38(33)48/h6-7,11,13,16,19,27-30,34-36,40,49,52-53H,4-5,8-10,12,14-15,17-18,20-26H2,1-3H3,(H,43,50)(H,44,54)(H,58,59)(H,60,61)(H2,42,45,46)(H2,55,56,57)/b7-6+,13-11+,19-16+. The minimum atomic E-state index is -5.58. The molecule has 3 heterocycles. The quantitative estimate of drug-likeness (QED) is 0.0205. The molecule has 8 atom stereocenters. The van der Waals surface area contributed by atoms with Crippen LogP contribution in [-0.4, -0.2) is 134 Å². The van der Waals surface area contributed by atoms with Gasteiger partial charge in [0.1, 0.15) is 36.3 Å². The van der Waals surface area contributed by atoms with Crippen LogP contribution in [0.25, 0.3) is 11.2 Å². The van der Waals surface area contributed by atoms with Crippen molar-refractivity contribution in [3.8, 4) is 0 Å². The number of aliphatic hydroxyl groups is 3. The number of anilines is 1. The third-order valence-electron chi connectivity index (χ3n) is 10.4. The number of allylic oxidation sites excluding steroid dienone is 5. The molecule has 8 unspecified atom stereocenters. The average Bonchev–Trinajstić information content (AvgIpc) is 3.84. The summed E-state index contributed by atoms with van der Waals surface area (Å²) in [6.07, 6.45) is 14.7. The second-order valence-electron chi connectivity index (χ2n) is 16.8. The van der Waals surface area contributed by atoms with E-state index in [0.29, 0.717) is 12.2 Å². The zero-order valence-electron chi connectivity index (χ0n) is 39.3. The largest absolute Gasteiger partial charge is 0.481 e. The van der Waals surface area contributed by atoms with Gasteiger partial charge >= 0.3 is 23.5 Å². The summed E-state index contributed by atoms with van der Waals surface area (Å²) in [5.74, 6) is -1.09. The van der Waals surface area contributed by atoms with Crippen molar-refractivity contribution in [2.45, 2.75) is 135 Å². The lowest BCUT2D eigenvalue weighted by Gasteiger charge is -2.30. The predicted molar refractivity (Wildman–Crippen MR) is 257 cm³/mol. The maximum Gasteiger partial charge on any atom is 0.481 e. The Morgan fingerprint density at radius 1 is 0.929 bits per heavy atom. The van der Waals surface area contributed by atoms with Crippen LogP contribution in [0, 0.1) is 5.41 Å². The van der Waals surface area contributed by atoms with E-state index < -0.39 is 90.7 Å². The first-order valence-electron chi connectivity index (χ1n) is 22.7. The van der Waals surface area contributed by atoms with E-state index in [9.17, 15) is 63.0 Å². The van der Waals surface area contributed by atoms with E-state index in [-0.39, 0.29) is 41.6 Å². The fraction of sp³-hybridized carbons (Fsp3) is 0.659. The molecule has 3 rings (SSSR count). The summed E-state index contributed by atoms with van der Waals surface area (Å²) in [7, 11) is -16.4. The number of hydrogen-bond acceptors (Lipinski definition) is 19. The molecule has 1 fully saturated rings. The summed E-state index contributed by atoms with van der Waals surface area (Å²) in [6, 6.07) is 0. The van der Waals surface area contributed by atoms with Gasteiger partial charge in [-0.05, 0) is 32.1 Å². The van der Waals surface area contributed by atoms with E-state index in [0.717, 1.165) is 93.2 Å². The molecule has 0 bridgehead atoms. The van der Waals surface area contributed by atoms with Crippen molar-refractivity contribution in [2.75, 3.05) is 37.8 Å². The molecule has 25 nitrogen and oxygen atoms in total. The van der Waals surface area contributed by atoms with Crippen LogP contribution in [0.4, 0.5) is 5.82 Å². The first-order valence-corrected chi connectivity index (χ1v) is 28.2. The van der Waals surface area contributed by atoms with E-state index >= 15 is 0 Å². The van der Waals surface area contributed by atoms with Crippen molar-refractivity contribution in [2.24, 2.45) is 5.41 Å². The Hall–Kier alpha value is -3.26. The van der Waals surface area contributed by atoms with Crippen LogP contribution in [0.15, 0.2) is 49.1 Å². The Bertz CT molecular complexity index is 2210. The minimum Gasteiger partial charge on any atom is -0.389 e. The number of carbonyl (C=O) groups excluding carboxylic acids is 3. The maximum absolute atomic E-state index is 12.7. The second-order valence-corrected chi connectivity index (χ2v) is 22.2. The minimum absolute atomic E-state index is 0.0281. The van der Waals surface area contributed by atoms with Crippen molar-refractivity contribution in [1.82, 2.24) is 30.2 Å². The molecule has 1 aliphatic heterocycles. The number of thioether (sulfide) groups is 1. The topological polar surface area (TPSA) is 384 Å². The number of phosphoric acid groups is 3. The normalized spacial score (nSPS) is 20.5. The van der Waals surface area contributed by atoms with Crippen molar-refractivity contribution < 1.29 is 85.6 Å². The highest BCUT2D eigenvalue weighted by Crippen LogP contribution is 2.61. The van der Waals surface area contributed by atoms with Crippen LogP contribution < -0.4 is 16.4 Å². The van der Waals surface area contributed by atoms with Crippen LogP contribution >= 0.6 is 35.2 Å². The van der Waals surface area contributed by atoms with Crippen LogP contribution in [0.2, 0.25) is 0 Å². The van der Waals surface area contributed by atoms with Gasteiger partial charge in [0.15, 0.2) is 22.8 Å². The number of phosphoric ester groups is 3. The highest BCUT2D eigenvalue weighted by molar-refractivity contribution is 8.13. The number of imidazole rings is 1. The Kier molecular flexibility index (Phi) is 26.2. The Labute approximate surface area is 410 Å². The van der Waals surface area contributed by atoms with Crippen molar-refractivity contribution >= 4 is 69.1 Å². The number of rotatable bonds is 34. The van der Waals surface area contributed by atoms with Gasteiger partial charge in [0.25, 0.3) is 0 Å². The summed E-state index contributed by atoms with van der Waals surface area (Å²) >= 11 is 1.12. The molecule has 1 saturated heterocycles. The van der Waals surface area contributed by atoms with E-state index in [1.54, 1.807) is 0 Å². The molecule has 2 aromatic rings. The van der Waals surface area contributed by atoms with Crippen molar-refractivity contribution in [3.63, 3.8) is 0 Å². The molecule has 0 aromatic carbocycles. The monoisotopic (exact) mass is 1070 g/mol. The number of hydrogen-bond donors (Lipinski definition) is 10. The van der Waals surface area contributed by atoms with E-state index in [1.165, 1.54) is 13.8 Å². The number of nitrogens with zero attached hydrogens (tertiary/aromatic N) is 4. The van der Waals surface area contributed by atoms with Gasteiger partial charge in [-0.3, -0.25) is 32.5 Å². The average molecular weight is 1070 g/mol. The number of fused-ring (bicyclic) bond motifs is 1. The molecule has 2 amide bonds. The molecule has 1 aliphatic rings. The second kappa shape index (κ2) is 30.1. The summed E-state index contributed by atoms with van der Waals surface area (Å²) in [4.78, 5) is 88.4. The number of nitrogens with one attached hydrogen (secondary N) is 2. The number of unbranched alkanes of at least 4 members (excludes halogenated alkanes) is 6. The predicted octanol–water partition coefficient (Wildman–Crippen LogP) is 4.01. The van der Waals surface area contributed by atoms with Gasteiger partial charge in [0, 0.05) is 37.1 Å². The van der Waals surface area contributed by atoms with Gasteiger partial charge < -0.3 is 56.0 Å². The number of aliphatic hydroxyl groups excluding tert-OH is 3. The van der Waals surface area contributed by atoms with E-state index in [4.69, 9.17) is 19.5 Å². The highest BCUT2D eigenvalue weighted by atomic mass is 32.2. The third-order valence-corrected chi connectivity index (χ3v) is 14.4. The molecule has 0 spiro atoms. The number of amides is 2. The number of nitrogens with two attached hydrogens (primary N) is 1. The van der Waals surface area contributed by atoms with Crippen LogP contribution in [0.5, 0.6) is 0 Å². The molecule has 396 valence electrons. The number of nitrogen functional groups attached to an aromatic ring is 1. The fourth-order valence-electron chi connectivity index (χ4n) is 6.59. The van der Waals surface area contributed by atoms with Gasteiger partial charge in [-0.15, -0.1) is 0 Å². The molecule has 0 saturated carbocycles. The summed E-state index contributed by atoms with van der Waals surface area (Å²) in [6.45, 7) is 2.64. The first kappa shape index (κ1) is 61.0. The first-order chi connectivity index (χ1) is 32.9. The van der Waals surface area contributed by atoms with Gasteiger partial charge in [-0.1, -0.05) is 101 Å². The SMILES string of the molecule is CCCCCC(O)/C=C/C=C/C/C=C/CCCCCCC(=O)SCCNC(=O)CCNC(=O)C(O)C(C)(C)COP(=O)(O)OP(=O)(O)OCC1OC(n2cnc3c(N)ncnc32)C(O)C1OP(=O)(O)O. The molecule has 29 heteroatoms. The lowest BCUT2D eigenvalue weighted by molar-refractivity contribution is -0.137. The van der Waals surface area contributed by atoms with E-state index in [2.05, 4.69) is 53.5 Å². The zero-order valence-corrected chi connectivity index (χ0v) is 42.8. The Morgan fingerprint density at radius 2 is 1.66 bits per heavy atom. The maximum atomic E-state index is 12.7. The third kappa shape index (κ3) is 22.7. The Morgan fingerprint density at radius 3 is 2.39 bits per heavy atom. The lowest BCUT2D eigenvalue weighted by atomic mass is 9.87. The summed E-state index contributed by atoms with van der Waals surface area (Å²) in [5.41, 5.74) is 4.27. The molecular weight excluding hydrogens is 1000 g/mol. The van der Waals surface area contributed by atoms with Gasteiger partial charge in [0.2, 0.25) is 11.8 Å². The number of aromatic nitrogens is 4. The van der Waals surface area contributed by atoms with Crippen molar-refractivity contribution in [3.05, 3.63) is 49.1 Å². The molecule has 70 heavy (non-hydrogen) atoms. The molecule has 2 aromatic heterocycles. The molecule has 0 aliphatic carbocycles. The van der Waals surface area contributed by atoms with Crippen LogP contribution in [0.3, 0.4) is 0 Å².